The molecule has 7 heteroatoms. The molecule has 5 N–H and O–H groups in total. The third-order valence-electron chi connectivity index (χ3n) is 3.29. The van der Waals surface area contributed by atoms with Crippen LogP contribution in [-0.4, -0.2) is 27.1 Å². The van der Waals surface area contributed by atoms with Crippen molar-refractivity contribution in [2.75, 3.05) is 5.32 Å². The predicted molar refractivity (Wildman–Crippen MR) is 82.3 cm³/mol. The molecule has 0 aromatic carbocycles. The summed E-state index contributed by atoms with van der Waals surface area (Å²) in [6.07, 6.45) is 10.0. The summed E-state index contributed by atoms with van der Waals surface area (Å²) >= 11 is 0. The van der Waals surface area contributed by atoms with Gasteiger partial charge in [0.05, 0.1) is 11.8 Å². The molecule has 0 aliphatic heterocycles. The molecule has 0 fully saturated rings. The zero-order valence-electron chi connectivity index (χ0n) is 12.6. The van der Waals surface area contributed by atoms with E-state index in [4.69, 9.17) is 10.9 Å². The summed E-state index contributed by atoms with van der Waals surface area (Å²) in [6.45, 7) is 2.20. The summed E-state index contributed by atoms with van der Waals surface area (Å²) in [6, 6.07) is 0. The van der Waals surface area contributed by atoms with Crippen LogP contribution < -0.4 is 11.1 Å². The van der Waals surface area contributed by atoms with Gasteiger partial charge in [0.2, 0.25) is 5.91 Å². The summed E-state index contributed by atoms with van der Waals surface area (Å²) < 4.78 is 0. The first-order valence-corrected chi connectivity index (χ1v) is 7.50. The highest BCUT2D eigenvalue weighted by Gasteiger charge is 2.12. The number of aromatic amines is 1. The first-order chi connectivity index (χ1) is 10.2. The molecule has 0 aliphatic rings. The van der Waals surface area contributed by atoms with Crippen molar-refractivity contribution >= 4 is 17.6 Å². The van der Waals surface area contributed by atoms with Crippen LogP contribution in [0, 0.1) is 0 Å². The van der Waals surface area contributed by atoms with Crippen LogP contribution in [0.2, 0.25) is 0 Å². The van der Waals surface area contributed by atoms with Crippen LogP contribution in [0.25, 0.3) is 0 Å². The van der Waals surface area contributed by atoms with Gasteiger partial charge < -0.3 is 16.3 Å². The Hall–Kier alpha value is -2.05. The fourth-order valence-electron chi connectivity index (χ4n) is 2.07. The number of nitrogens with zero attached hydrogens (tertiary/aromatic N) is 2. The lowest BCUT2D eigenvalue weighted by molar-refractivity contribution is -0.116. The van der Waals surface area contributed by atoms with E-state index in [0.29, 0.717) is 17.8 Å². The molecule has 1 rings (SSSR count). The van der Waals surface area contributed by atoms with Crippen molar-refractivity contribution < 1.29 is 10.0 Å². The van der Waals surface area contributed by atoms with Gasteiger partial charge in [-0.2, -0.15) is 5.10 Å². The molecule has 1 heterocycles. The molecule has 0 radical (unpaired) electrons. The second-order valence-corrected chi connectivity index (χ2v) is 5.06. The second kappa shape index (κ2) is 9.79. The number of nitrogens with two attached hydrogens (primary N) is 1. The van der Waals surface area contributed by atoms with Gasteiger partial charge in [-0.15, -0.1) is 0 Å². The zero-order chi connectivity index (χ0) is 15.5. The Labute approximate surface area is 125 Å². The van der Waals surface area contributed by atoms with E-state index in [1.54, 1.807) is 0 Å². The van der Waals surface area contributed by atoms with Crippen molar-refractivity contribution in [3.63, 3.8) is 0 Å². The van der Waals surface area contributed by atoms with Gasteiger partial charge in [0.15, 0.2) is 5.84 Å². The molecule has 7 nitrogen and oxygen atoms in total. The summed E-state index contributed by atoms with van der Waals surface area (Å²) in [5, 5.41) is 20.6. The molecular formula is C14H25N5O2. The Bertz CT molecular complexity index is 456. The van der Waals surface area contributed by atoms with E-state index < -0.39 is 0 Å². The quantitative estimate of drug-likeness (QED) is 0.174. The van der Waals surface area contributed by atoms with E-state index in [1.165, 1.54) is 38.3 Å². The fraction of sp³-hybridized carbons (Fsp3) is 0.643. The maximum absolute atomic E-state index is 11.8. The molecule has 0 saturated carbocycles. The number of oxime groups is 1. The molecule has 1 aromatic rings. The zero-order valence-corrected chi connectivity index (χ0v) is 12.6. The topological polar surface area (TPSA) is 116 Å². The Morgan fingerprint density at radius 3 is 2.67 bits per heavy atom. The Morgan fingerprint density at radius 2 is 2.00 bits per heavy atom. The highest BCUT2D eigenvalue weighted by atomic mass is 16.4. The molecule has 1 amide bonds. The lowest BCUT2D eigenvalue weighted by atomic mass is 10.1. The van der Waals surface area contributed by atoms with Crippen LogP contribution >= 0.6 is 0 Å². The van der Waals surface area contributed by atoms with Crippen molar-refractivity contribution in [1.82, 2.24) is 10.2 Å². The minimum Gasteiger partial charge on any atom is -0.409 e. The van der Waals surface area contributed by atoms with Gasteiger partial charge in [-0.1, -0.05) is 50.6 Å². The third kappa shape index (κ3) is 6.29. The SMILES string of the molecule is CCCCCCCCCC(=O)Nc1[nH]ncc1C(N)=NO. The van der Waals surface area contributed by atoms with E-state index in [-0.39, 0.29) is 11.7 Å². The fourth-order valence-corrected chi connectivity index (χ4v) is 2.07. The number of hydrogen-bond acceptors (Lipinski definition) is 4. The first-order valence-electron chi connectivity index (χ1n) is 7.50. The lowest BCUT2D eigenvalue weighted by Crippen LogP contribution is -2.18. The molecule has 0 saturated heterocycles. The van der Waals surface area contributed by atoms with Crippen molar-refractivity contribution in [3.8, 4) is 0 Å². The molecule has 0 unspecified atom stereocenters. The van der Waals surface area contributed by atoms with E-state index in [9.17, 15) is 4.79 Å². The van der Waals surface area contributed by atoms with Crippen LogP contribution in [0.3, 0.4) is 0 Å². The van der Waals surface area contributed by atoms with Gasteiger partial charge in [0, 0.05) is 6.42 Å². The van der Waals surface area contributed by atoms with E-state index in [2.05, 4.69) is 27.6 Å². The minimum atomic E-state index is -0.0974. The van der Waals surface area contributed by atoms with Crippen molar-refractivity contribution in [1.29, 1.82) is 0 Å². The van der Waals surface area contributed by atoms with Crippen molar-refractivity contribution in [3.05, 3.63) is 11.8 Å². The number of carbonyl (C=O) groups is 1. The average molecular weight is 295 g/mol. The largest absolute Gasteiger partial charge is 0.409 e. The van der Waals surface area contributed by atoms with E-state index >= 15 is 0 Å². The highest BCUT2D eigenvalue weighted by Crippen LogP contribution is 2.12. The Kier molecular flexibility index (Phi) is 7.93. The molecule has 0 atom stereocenters. The summed E-state index contributed by atoms with van der Waals surface area (Å²) in [4.78, 5) is 11.8. The van der Waals surface area contributed by atoms with Crippen LogP contribution in [0.15, 0.2) is 11.4 Å². The summed E-state index contributed by atoms with van der Waals surface area (Å²) in [7, 11) is 0. The van der Waals surface area contributed by atoms with Crippen LogP contribution in [0.4, 0.5) is 5.82 Å². The molecule has 118 valence electrons. The Morgan fingerprint density at radius 1 is 1.33 bits per heavy atom. The number of amidine groups is 1. The number of carbonyl (C=O) groups excluding carboxylic acids is 1. The van der Waals surface area contributed by atoms with Gasteiger partial charge in [-0.05, 0) is 6.42 Å². The number of H-pyrrole nitrogens is 1. The van der Waals surface area contributed by atoms with Gasteiger partial charge >= 0.3 is 0 Å². The second-order valence-electron chi connectivity index (χ2n) is 5.06. The number of rotatable bonds is 10. The molecule has 0 aliphatic carbocycles. The van der Waals surface area contributed by atoms with Gasteiger partial charge in [0.25, 0.3) is 0 Å². The van der Waals surface area contributed by atoms with E-state index in [1.807, 2.05) is 0 Å². The van der Waals surface area contributed by atoms with Crippen LogP contribution in [-0.2, 0) is 4.79 Å². The molecular weight excluding hydrogens is 270 g/mol. The first kappa shape index (κ1) is 17.0. The maximum Gasteiger partial charge on any atom is 0.225 e. The number of unbranched alkanes of at least 4 members (excludes halogenated alkanes) is 6. The van der Waals surface area contributed by atoms with Crippen molar-refractivity contribution in [2.24, 2.45) is 10.9 Å². The number of nitrogens with one attached hydrogen (secondary N) is 2. The van der Waals surface area contributed by atoms with Gasteiger partial charge in [0.1, 0.15) is 5.82 Å². The smallest absolute Gasteiger partial charge is 0.225 e. The van der Waals surface area contributed by atoms with Crippen molar-refractivity contribution in [2.45, 2.75) is 58.3 Å². The standard InChI is InChI=1S/C14H25N5O2/c1-2-3-4-5-6-7-8-9-12(20)17-14-11(10-16-18-14)13(15)19-21/h10,21H,2-9H2,1H3,(H2,15,19)(H2,16,17,18,20). The molecule has 1 aromatic heterocycles. The maximum atomic E-state index is 11.8. The normalized spacial score (nSPS) is 11.6. The number of aromatic nitrogens is 2. The van der Waals surface area contributed by atoms with Gasteiger partial charge in [-0.25, -0.2) is 0 Å². The van der Waals surface area contributed by atoms with Crippen LogP contribution in [0.5, 0.6) is 0 Å². The Balaban J connectivity index is 2.24. The number of amides is 1. The number of hydrogen-bond donors (Lipinski definition) is 4. The number of anilines is 1. The minimum absolute atomic E-state index is 0.0880. The summed E-state index contributed by atoms with van der Waals surface area (Å²) in [5.74, 6) is 0.174. The van der Waals surface area contributed by atoms with Crippen LogP contribution in [0.1, 0.15) is 63.9 Å². The monoisotopic (exact) mass is 295 g/mol. The summed E-state index contributed by atoms with van der Waals surface area (Å²) in [5.41, 5.74) is 5.86. The predicted octanol–water partition coefficient (Wildman–Crippen LogP) is 2.58. The molecule has 0 spiro atoms. The third-order valence-corrected chi connectivity index (χ3v) is 3.29. The molecule has 0 bridgehead atoms. The average Bonchev–Trinajstić information content (AvgIpc) is 2.93. The highest BCUT2D eigenvalue weighted by molar-refractivity contribution is 6.04. The van der Waals surface area contributed by atoms with E-state index in [0.717, 1.165) is 12.8 Å². The van der Waals surface area contributed by atoms with Gasteiger partial charge in [-0.3, -0.25) is 9.89 Å². The lowest BCUT2D eigenvalue weighted by Gasteiger charge is -2.05. The molecule has 21 heavy (non-hydrogen) atoms.